The number of anilines is 1. The third kappa shape index (κ3) is 4.50. The summed E-state index contributed by atoms with van der Waals surface area (Å²) in [5.41, 5.74) is 4.47. The third-order valence-electron chi connectivity index (χ3n) is 5.91. The molecule has 0 bridgehead atoms. The third-order valence-corrected chi connectivity index (χ3v) is 5.91. The summed E-state index contributed by atoms with van der Waals surface area (Å²) in [5.74, 6) is -1.90. The molecule has 9 nitrogen and oxygen atoms in total. The van der Waals surface area contributed by atoms with E-state index in [0.29, 0.717) is 0 Å². The number of hydrogen-bond acceptors (Lipinski definition) is 5. The van der Waals surface area contributed by atoms with Crippen molar-refractivity contribution >= 4 is 23.8 Å². The molecule has 1 aromatic heterocycles. The molecule has 9 heteroatoms. The van der Waals surface area contributed by atoms with Crippen LogP contribution in [0, 0.1) is 5.92 Å². The number of carbonyl (C=O) groups is 3. The second kappa shape index (κ2) is 9.38. The van der Waals surface area contributed by atoms with Crippen LogP contribution in [0.5, 0.6) is 0 Å². The Morgan fingerprint density at radius 1 is 1.06 bits per heavy atom. The maximum Gasteiger partial charge on any atom is 0.412 e. The summed E-state index contributed by atoms with van der Waals surface area (Å²) in [5, 5.41) is 18.4. The van der Waals surface area contributed by atoms with Crippen molar-refractivity contribution in [2.24, 2.45) is 13.0 Å². The largest absolute Gasteiger partial charge is 0.480 e. The first kappa shape index (κ1) is 23.0. The fraction of sp³-hybridized carbons (Fsp3) is 0.280. The van der Waals surface area contributed by atoms with Gasteiger partial charge in [-0.15, -0.1) is 0 Å². The number of aromatic nitrogens is 2. The van der Waals surface area contributed by atoms with E-state index in [1.165, 1.54) is 10.7 Å². The van der Waals surface area contributed by atoms with E-state index in [-0.39, 0.29) is 30.0 Å². The van der Waals surface area contributed by atoms with Crippen molar-refractivity contribution in [3.8, 4) is 11.1 Å². The summed E-state index contributed by atoms with van der Waals surface area (Å²) in [6.45, 7) is 3.54. The highest BCUT2D eigenvalue weighted by atomic mass is 16.5. The minimum atomic E-state index is -1.13. The van der Waals surface area contributed by atoms with E-state index in [4.69, 9.17) is 4.74 Å². The van der Waals surface area contributed by atoms with Gasteiger partial charge >= 0.3 is 12.1 Å². The predicted molar refractivity (Wildman–Crippen MR) is 126 cm³/mol. The number of aliphatic carboxylic acids is 1. The van der Waals surface area contributed by atoms with Crippen LogP contribution in [-0.2, 0) is 16.6 Å². The van der Waals surface area contributed by atoms with Gasteiger partial charge in [0.05, 0.1) is 0 Å². The lowest BCUT2D eigenvalue weighted by Gasteiger charge is -2.16. The van der Waals surface area contributed by atoms with E-state index >= 15 is 0 Å². The quantitative estimate of drug-likeness (QED) is 0.493. The molecular weight excluding hydrogens is 436 g/mol. The molecule has 176 valence electrons. The zero-order valence-electron chi connectivity index (χ0n) is 19.1. The minimum absolute atomic E-state index is 0.0108. The molecule has 0 fully saturated rings. The number of nitrogens with one attached hydrogen (secondary N) is 2. The molecule has 1 atom stereocenters. The second-order valence-electron chi connectivity index (χ2n) is 8.52. The molecule has 34 heavy (non-hydrogen) atoms. The average molecular weight is 463 g/mol. The van der Waals surface area contributed by atoms with Gasteiger partial charge in [0.15, 0.2) is 5.69 Å². The monoisotopic (exact) mass is 462 g/mol. The molecule has 0 spiro atoms. The van der Waals surface area contributed by atoms with E-state index in [2.05, 4.69) is 27.9 Å². The molecular formula is C25H26N4O5. The number of hydrogen-bond donors (Lipinski definition) is 3. The molecule has 2 amide bonds. The van der Waals surface area contributed by atoms with Gasteiger partial charge in [0.25, 0.3) is 5.91 Å². The van der Waals surface area contributed by atoms with Crippen molar-refractivity contribution < 1.29 is 24.2 Å². The first-order valence-electron chi connectivity index (χ1n) is 11.0. The van der Waals surface area contributed by atoms with Gasteiger partial charge in [-0.25, -0.2) is 9.59 Å². The maximum atomic E-state index is 12.5. The first-order chi connectivity index (χ1) is 16.3. The van der Waals surface area contributed by atoms with Crippen LogP contribution < -0.4 is 10.6 Å². The summed E-state index contributed by atoms with van der Waals surface area (Å²) in [7, 11) is 1.56. The second-order valence-corrected chi connectivity index (χ2v) is 8.52. The number of carboxylic acid groups (broad SMARTS) is 1. The molecule has 2 aromatic carbocycles. The Labute approximate surface area is 196 Å². The highest BCUT2D eigenvalue weighted by molar-refractivity contribution is 5.96. The van der Waals surface area contributed by atoms with Crippen molar-refractivity contribution in [3.05, 3.63) is 71.4 Å². The molecule has 0 saturated carbocycles. The molecule has 1 unspecified atom stereocenters. The molecule has 4 rings (SSSR count). The Hall–Kier alpha value is -4.14. The van der Waals surface area contributed by atoms with E-state index in [1.807, 2.05) is 36.4 Å². The van der Waals surface area contributed by atoms with E-state index in [0.717, 1.165) is 22.3 Å². The molecule has 0 saturated heterocycles. The van der Waals surface area contributed by atoms with Crippen molar-refractivity contribution in [3.63, 3.8) is 0 Å². The Morgan fingerprint density at radius 3 is 2.21 bits per heavy atom. The van der Waals surface area contributed by atoms with Gasteiger partial charge in [-0.1, -0.05) is 62.4 Å². The first-order valence-corrected chi connectivity index (χ1v) is 11.0. The van der Waals surface area contributed by atoms with Gasteiger partial charge in [0.1, 0.15) is 18.5 Å². The van der Waals surface area contributed by atoms with E-state index < -0.39 is 24.0 Å². The molecule has 1 aliphatic carbocycles. The summed E-state index contributed by atoms with van der Waals surface area (Å²) in [6.07, 6.45) is -0.678. The van der Waals surface area contributed by atoms with Gasteiger partial charge in [0, 0.05) is 19.0 Å². The van der Waals surface area contributed by atoms with Crippen LogP contribution >= 0.6 is 0 Å². The molecule has 3 N–H and O–H groups in total. The predicted octanol–water partition coefficient (Wildman–Crippen LogP) is 3.62. The van der Waals surface area contributed by atoms with Crippen LogP contribution in [0.25, 0.3) is 11.1 Å². The van der Waals surface area contributed by atoms with Crippen LogP contribution in [0.4, 0.5) is 10.6 Å². The summed E-state index contributed by atoms with van der Waals surface area (Å²) in [6, 6.07) is 16.4. The topological polar surface area (TPSA) is 123 Å². The number of carbonyl (C=O) groups excluding carboxylic acids is 2. The Bertz CT molecular complexity index is 1200. The van der Waals surface area contributed by atoms with Gasteiger partial charge in [-0.3, -0.25) is 14.8 Å². The minimum Gasteiger partial charge on any atom is -0.480 e. The number of benzene rings is 2. The number of nitrogens with zero attached hydrogens (tertiary/aromatic N) is 2. The number of aryl methyl sites for hydroxylation is 1. The number of rotatable bonds is 7. The van der Waals surface area contributed by atoms with Crippen molar-refractivity contribution in [1.29, 1.82) is 0 Å². The van der Waals surface area contributed by atoms with Gasteiger partial charge < -0.3 is 15.2 Å². The maximum absolute atomic E-state index is 12.5. The molecule has 0 aliphatic heterocycles. The summed E-state index contributed by atoms with van der Waals surface area (Å²) < 4.78 is 6.85. The highest BCUT2D eigenvalue weighted by Crippen LogP contribution is 2.44. The number of fused-ring (bicyclic) bond motifs is 3. The summed E-state index contributed by atoms with van der Waals surface area (Å²) in [4.78, 5) is 36.3. The normalized spacial score (nSPS) is 13.2. The Kier molecular flexibility index (Phi) is 6.36. The lowest BCUT2D eigenvalue weighted by molar-refractivity contribution is -0.140. The zero-order valence-corrected chi connectivity index (χ0v) is 19.1. The number of carboxylic acids is 1. The lowest BCUT2D eigenvalue weighted by atomic mass is 9.98. The van der Waals surface area contributed by atoms with Crippen LogP contribution in [-0.4, -0.2) is 45.5 Å². The Morgan fingerprint density at radius 2 is 1.65 bits per heavy atom. The SMILES string of the molecule is CC(C)C(NC(=O)c1cc(NC(=O)OCC2c3ccccc3-c3ccccc32)n(C)n1)C(=O)O. The van der Waals surface area contributed by atoms with Crippen LogP contribution in [0.2, 0.25) is 0 Å². The van der Waals surface area contributed by atoms with Gasteiger partial charge in [-0.05, 0) is 28.2 Å². The van der Waals surface area contributed by atoms with Gasteiger partial charge in [0.2, 0.25) is 0 Å². The van der Waals surface area contributed by atoms with Crippen LogP contribution in [0.15, 0.2) is 54.6 Å². The molecule has 1 heterocycles. The Balaban J connectivity index is 1.41. The average Bonchev–Trinajstić information content (AvgIpc) is 3.33. The van der Waals surface area contributed by atoms with Crippen LogP contribution in [0.1, 0.15) is 41.4 Å². The molecule has 0 radical (unpaired) electrons. The standard InChI is InChI=1S/C25H26N4O5/c1-14(2)22(24(31)32)27-23(30)20-12-21(29(3)28-20)26-25(33)34-13-19-17-10-6-4-8-15(17)16-9-5-7-11-18(16)19/h4-12,14,19,22H,13H2,1-3H3,(H,26,33)(H,27,30)(H,31,32). The van der Waals surface area contributed by atoms with E-state index in [1.54, 1.807) is 20.9 Å². The fourth-order valence-corrected chi connectivity index (χ4v) is 4.16. The fourth-order valence-electron chi connectivity index (χ4n) is 4.16. The smallest absolute Gasteiger partial charge is 0.412 e. The van der Waals surface area contributed by atoms with Crippen LogP contribution in [0.3, 0.4) is 0 Å². The number of amides is 2. The molecule has 1 aliphatic rings. The number of ether oxygens (including phenoxy) is 1. The summed E-state index contributed by atoms with van der Waals surface area (Å²) >= 11 is 0. The zero-order chi connectivity index (χ0) is 24.4. The van der Waals surface area contributed by atoms with Crippen molar-refractivity contribution in [2.45, 2.75) is 25.8 Å². The highest BCUT2D eigenvalue weighted by Gasteiger charge is 2.29. The van der Waals surface area contributed by atoms with Crippen molar-refractivity contribution in [2.75, 3.05) is 11.9 Å². The van der Waals surface area contributed by atoms with Crippen molar-refractivity contribution in [1.82, 2.24) is 15.1 Å². The molecule has 3 aromatic rings. The lowest BCUT2D eigenvalue weighted by Crippen LogP contribution is -2.44. The van der Waals surface area contributed by atoms with Gasteiger partial charge in [-0.2, -0.15) is 5.10 Å². The van der Waals surface area contributed by atoms with E-state index in [9.17, 15) is 19.5 Å².